The maximum Gasteiger partial charge on any atom is 2.00 e. The van der Waals surface area contributed by atoms with Gasteiger partial charge in [0, 0.05) is 11.1 Å². The van der Waals surface area contributed by atoms with Crippen molar-refractivity contribution in [1.29, 1.82) is 0 Å². The van der Waals surface area contributed by atoms with E-state index in [1.807, 2.05) is 48.5 Å². The van der Waals surface area contributed by atoms with Gasteiger partial charge in [-0.3, -0.25) is 0 Å². The first-order chi connectivity index (χ1) is 14.0. The first-order valence-corrected chi connectivity index (χ1v) is 10.3. The molecule has 2 atom stereocenters. The van der Waals surface area contributed by atoms with Gasteiger partial charge in [-0.2, -0.15) is 0 Å². The Balaban J connectivity index is 0.00000171. The molecule has 0 radical (unpaired) electrons. The fraction of sp³-hybridized carbons (Fsp3) is 0.417. The molecule has 0 spiro atoms. The quantitative estimate of drug-likeness (QED) is 0.592. The van der Waals surface area contributed by atoms with Crippen LogP contribution in [0, 0.1) is 11.8 Å². The van der Waals surface area contributed by atoms with E-state index in [9.17, 15) is 0 Å². The Morgan fingerprint density at radius 3 is 1.48 bits per heavy atom. The summed E-state index contributed by atoms with van der Waals surface area (Å²) in [6, 6.07) is 16.4. The third-order valence-electron chi connectivity index (χ3n) is 5.40. The number of ether oxygens (including phenoxy) is 2. The number of hydrogen-bond acceptors (Lipinski definition) is 4. The maximum absolute atomic E-state index is 5.90. The van der Waals surface area contributed by atoms with Gasteiger partial charge in [-0.1, -0.05) is 76.2 Å². The number of para-hydroxylation sites is 2. The molecule has 31 heavy (non-hydrogen) atoms. The molecule has 0 bridgehead atoms. The molecule has 2 aliphatic rings. The molecule has 0 aromatic heterocycles. The van der Waals surface area contributed by atoms with Crippen molar-refractivity contribution < 1.29 is 38.4 Å². The van der Waals surface area contributed by atoms with E-state index in [1.165, 1.54) is 0 Å². The SMILES string of the molecule is CC(C)[C@H]1COC(c2ccccc2[N-]c2ccccc2C2=N[C@@H](C(C)C)CO2)=N1.[Cl-].[Ni+2]. The first-order valence-electron chi connectivity index (χ1n) is 10.3. The van der Waals surface area contributed by atoms with Crippen molar-refractivity contribution in [2.45, 2.75) is 39.8 Å². The van der Waals surface area contributed by atoms with E-state index in [1.54, 1.807) is 0 Å². The van der Waals surface area contributed by atoms with Gasteiger partial charge in [-0.15, -0.1) is 11.4 Å². The molecule has 7 heteroatoms. The molecule has 2 aromatic rings. The van der Waals surface area contributed by atoms with Crippen molar-refractivity contribution in [1.82, 2.24) is 0 Å². The Bertz CT molecular complexity index is 870. The second kappa shape index (κ2) is 11.0. The summed E-state index contributed by atoms with van der Waals surface area (Å²) in [4.78, 5) is 9.55. The van der Waals surface area contributed by atoms with Gasteiger partial charge in [-0.25, -0.2) is 9.98 Å². The van der Waals surface area contributed by atoms with Gasteiger partial charge in [0.1, 0.15) is 13.2 Å². The molecule has 2 aromatic carbocycles. The van der Waals surface area contributed by atoms with Gasteiger partial charge in [0.15, 0.2) is 0 Å². The average Bonchev–Trinajstić information content (AvgIpc) is 3.39. The molecule has 0 fully saturated rings. The summed E-state index contributed by atoms with van der Waals surface area (Å²) in [5.74, 6) is 2.25. The van der Waals surface area contributed by atoms with E-state index in [2.05, 4.69) is 27.7 Å². The molecule has 0 N–H and O–H groups in total. The minimum Gasteiger partial charge on any atom is -1.00 e. The summed E-state index contributed by atoms with van der Waals surface area (Å²) in [6.07, 6.45) is 0. The molecule has 5 nitrogen and oxygen atoms in total. The van der Waals surface area contributed by atoms with Gasteiger partial charge < -0.3 is 27.2 Å². The van der Waals surface area contributed by atoms with E-state index in [0.29, 0.717) is 36.8 Å². The molecular formula is C24H28ClN3NiO2. The molecule has 0 amide bonds. The van der Waals surface area contributed by atoms with Crippen LogP contribution in [0.25, 0.3) is 5.32 Å². The molecular weight excluding hydrogens is 456 g/mol. The summed E-state index contributed by atoms with van der Waals surface area (Å²) in [5.41, 5.74) is 3.50. The Morgan fingerprint density at radius 1 is 0.742 bits per heavy atom. The zero-order valence-corrected chi connectivity index (χ0v) is 19.9. The van der Waals surface area contributed by atoms with Gasteiger partial charge in [-0.05, 0) is 11.8 Å². The summed E-state index contributed by atoms with van der Waals surface area (Å²) < 4.78 is 11.8. The Labute approximate surface area is 201 Å². The molecule has 4 rings (SSSR count). The molecule has 168 valence electrons. The molecule has 0 unspecified atom stereocenters. The van der Waals surface area contributed by atoms with Crippen molar-refractivity contribution in [2.24, 2.45) is 21.8 Å². The molecule has 0 aliphatic carbocycles. The summed E-state index contributed by atoms with van der Waals surface area (Å²) in [7, 11) is 0. The fourth-order valence-electron chi connectivity index (χ4n) is 3.39. The van der Waals surface area contributed by atoms with Crippen LogP contribution in [0.4, 0.5) is 11.4 Å². The summed E-state index contributed by atoms with van der Waals surface area (Å²) in [5, 5.41) is 4.95. The van der Waals surface area contributed by atoms with Crippen LogP contribution in [-0.4, -0.2) is 37.1 Å². The number of aliphatic imine (C=N–C) groups is 2. The van der Waals surface area contributed by atoms with E-state index in [0.717, 1.165) is 22.5 Å². The zero-order valence-electron chi connectivity index (χ0n) is 18.2. The van der Waals surface area contributed by atoms with Gasteiger partial charge in [0.05, 0.1) is 12.1 Å². The second-order valence-electron chi connectivity index (χ2n) is 8.26. The Hall–Kier alpha value is -2.04. The average molecular weight is 485 g/mol. The number of halogens is 1. The molecule has 0 saturated carbocycles. The predicted molar refractivity (Wildman–Crippen MR) is 118 cm³/mol. The van der Waals surface area contributed by atoms with Crippen LogP contribution in [0.3, 0.4) is 0 Å². The van der Waals surface area contributed by atoms with Gasteiger partial charge in [0.25, 0.3) is 0 Å². The van der Waals surface area contributed by atoms with Crippen LogP contribution in [-0.2, 0) is 26.0 Å². The number of nitrogens with zero attached hydrogens (tertiary/aromatic N) is 3. The van der Waals surface area contributed by atoms with Crippen molar-refractivity contribution in [3.8, 4) is 0 Å². The van der Waals surface area contributed by atoms with E-state index >= 15 is 0 Å². The van der Waals surface area contributed by atoms with Gasteiger partial charge >= 0.3 is 16.5 Å². The minimum absolute atomic E-state index is 0. The number of rotatable bonds is 6. The number of hydrogen-bond donors (Lipinski definition) is 0. The van der Waals surface area contributed by atoms with Crippen LogP contribution in [0.2, 0.25) is 0 Å². The minimum atomic E-state index is 0. The summed E-state index contributed by atoms with van der Waals surface area (Å²) >= 11 is 0. The Morgan fingerprint density at radius 2 is 1.13 bits per heavy atom. The fourth-order valence-corrected chi connectivity index (χ4v) is 3.39. The molecule has 2 heterocycles. The standard InChI is InChI=1S/C24H28N3O2.ClH.Ni/c1-15(2)21-13-28-23(26-21)17-9-5-7-11-19(17)25-20-12-8-6-10-18(20)24-27-22(14-29-24)16(3)4;;/h5-12,15-16,21-22H,13-14H2,1-4H3;1H;/q-1;;+2/p-1/t21-,22-;;/m1../s1. The predicted octanol–water partition coefficient (Wildman–Crippen LogP) is 2.63. The molecule has 0 saturated heterocycles. The smallest absolute Gasteiger partial charge is 1.00 e. The molecule has 2 aliphatic heterocycles. The van der Waals surface area contributed by atoms with Crippen molar-refractivity contribution in [2.75, 3.05) is 13.2 Å². The van der Waals surface area contributed by atoms with Crippen molar-refractivity contribution >= 4 is 23.2 Å². The monoisotopic (exact) mass is 483 g/mol. The van der Waals surface area contributed by atoms with E-state index < -0.39 is 0 Å². The van der Waals surface area contributed by atoms with Crippen molar-refractivity contribution in [3.63, 3.8) is 0 Å². The van der Waals surface area contributed by atoms with E-state index in [4.69, 9.17) is 24.8 Å². The van der Waals surface area contributed by atoms with Crippen LogP contribution < -0.4 is 12.4 Å². The normalized spacial score (nSPS) is 19.7. The largest absolute Gasteiger partial charge is 2.00 e. The van der Waals surface area contributed by atoms with E-state index in [-0.39, 0.29) is 41.0 Å². The summed E-state index contributed by atoms with van der Waals surface area (Å²) in [6.45, 7) is 9.91. The van der Waals surface area contributed by atoms with Crippen molar-refractivity contribution in [3.05, 3.63) is 65.0 Å². The van der Waals surface area contributed by atoms with Crippen LogP contribution >= 0.6 is 0 Å². The topological polar surface area (TPSA) is 57.3 Å². The third-order valence-corrected chi connectivity index (χ3v) is 5.40. The Kier molecular flexibility index (Phi) is 8.96. The number of benzene rings is 2. The van der Waals surface area contributed by atoms with Crippen LogP contribution in [0.5, 0.6) is 0 Å². The maximum atomic E-state index is 5.90. The third kappa shape index (κ3) is 5.61. The van der Waals surface area contributed by atoms with Crippen LogP contribution in [0.15, 0.2) is 58.5 Å². The zero-order chi connectivity index (χ0) is 20.4. The first kappa shape index (κ1) is 25.2. The second-order valence-corrected chi connectivity index (χ2v) is 8.26. The van der Waals surface area contributed by atoms with Crippen LogP contribution in [0.1, 0.15) is 38.8 Å². The van der Waals surface area contributed by atoms with Gasteiger partial charge in [0.2, 0.25) is 11.8 Å².